The summed E-state index contributed by atoms with van der Waals surface area (Å²) in [5.74, 6) is 0.0585. The smallest absolute Gasteiger partial charge is 0.303 e. The van der Waals surface area contributed by atoms with Gasteiger partial charge < -0.3 is 14.9 Å². The topological polar surface area (TPSA) is 43.8 Å². The van der Waals surface area contributed by atoms with Crippen LogP contribution in [0.4, 0.5) is 0 Å². The van der Waals surface area contributed by atoms with Crippen LogP contribution in [0.3, 0.4) is 0 Å². The molecule has 1 rings (SSSR count). The first-order chi connectivity index (χ1) is 7.49. The predicted octanol–water partition coefficient (Wildman–Crippen LogP) is 1.12. The summed E-state index contributed by atoms with van der Waals surface area (Å²) in [6.07, 6.45) is 2.29. The van der Waals surface area contributed by atoms with Crippen molar-refractivity contribution in [3.8, 4) is 0 Å². The van der Waals surface area contributed by atoms with E-state index in [0.29, 0.717) is 6.04 Å². The second kappa shape index (κ2) is 6.21. The Hall–Kier alpha value is -0.610. The maximum Gasteiger partial charge on any atom is 0.303 e. The van der Waals surface area contributed by atoms with Crippen molar-refractivity contribution in [3.63, 3.8) is 0 Å². The molecule has 0 amide bonds. The van der Waals surface area contributed by atoms with Gasteiger partial charge in [-0.15, -0.1) is 0 Å². The number of carboxylic acids is 1. The minimum atomic E-state index is -0.694. The Labute approximate surface area is 98.2 Å². The third-order valence-electron chi connectivity index (χ3n) is 3.56. The molecule has 4 heteroatoms. The minimum Gasteiger partial charge on any atom is -0.481 e. The largest absolute Gasteiger partial charge is 0.481 e. The van der Waals surface area contributed by atoms with E-state index in [9.17, 15) is 4.79 Å². The first-order valence-electron chi connectivity index (χ1n) is 6.09. The number of carboxylic acid groups (broad SMARTS) is 1. The zero-order valence-corrected chi connectivity index (χ0v) is 10.6. The molecule has 1 aliphatic heterocycles. The fourth-order valence-electron chi connectivity index (χ4n) is 2.32. The Bertz CT molecular complexity index is 233. The standard InChI is InChI=1S/C12H24N2O2/c1-10(4-5-12(15)16)14(3)9-11-6-7-13(2)8-11/h10-11H,4-9H2,1-3H3,(H,15,16). The molecule has 2 unspecified atom stereocenters. The van der Waals surface area contributed by atoms with Crippen LogP contribution in [-0.2, 0) is 4.79 Å². The van der Waals surface area contributed by atoms with E-state index in [-0.39, 0.29) is 6.42 Å². The molecule has 0 bridgehead atoms. The van der Waals surface area contributed by atoms with Crippen LogP contribution in [0.1, 0.15) is 26.2 Å². The average molecular weight is 228 g/mol. The number of likely N-dealkylation sites (tertiary alicyclic amines) is 1. The number of hydrogen-bond acceptors (Lipinski definition) is 3. The molecular formula is C12H24N2O2. The Morgan fingerprint density at radius 2 is 2.31 bits per heavy atom. The lowest BCUT2D eigenvalue weighted by molar-refractivity contribution is -0.137. The first kappa shape index (κ1) is 13.5. The summed E-state index contributed by atoms with van der Waals surface area (Å²) in [5, 5.41) is 8.64. The molecule has 0 radical (unpaired) electrons. The van der Waals surface area contributed by atoms with Gasteiger partial charge in [0.2, 0.25) is 0 Å². The average Bonchev–Trinajstić information content (AvgIpc) is 2.60. The van der Waals surface area contributed by atoms with Crippen LogP contribution in [0.15, 0.2) is 0 Å². The van der Waals surface area contributed by atoms with Gasteiger partial charge in [0.1, 0.15) is 0 Å². The third-order valence-corrected chi connectivity index (χ3v) is 3.56. The molecular weight excluding hydrogens is 204 g/mol. The monoisotopic (exact) mass is 228 g/mol. The fraction of sp³-hybridized carbons (Fsp3) is 0.917. The molecule has 2 atom stereocenters. The lowest BCUT2D eigenvalue weighted by Gasteiger charge is -2.27. The Morgan fingerprint density at radius 3 is 2.81 bits per heavy atom. The Kier molecular flexibility index (Phi) is 5.22. The highest BCUT2D eigenvalue weighted by Gasteiger charge is 2.22. The van der Waals surface area contributed by atoms with Crippen molar-refractivity contribution in [2.24, 2.45) is 5.92 Å². The van der Waals surface area contributed by atoms with E-state index < -0.39 is 5.97 Å². The van der Waals surface area contributed by atoms with Crippen LogP contribution in [-0.4, -0.2) is 60.6 Å². The second-order valence-corrected chi connectivity index (χ2v) is 5.14. The van der Waals surface area contributed by atoms with E-state index in [1.807, 2.05) is 0 Å². The van der Waals surface area contributed by atoms with Gasteiger partial charge in [-0.3, -0.25) is 4.79 Å². The van der Waals surface area contributed by atoms with Crippen molar-refractivity contribution in [1.82, 2.24) is 9.80 Å². The number of rotatable bonds is 6. The van der Waals surface area contributed by atoms with Gasteiger partial charge in [-0.05, 0) is 46.3 Å². The summed E-state index contributed by atoms with van der Waals surface area (Å²) in [4.78, 5) is 15.1. The molecule has 0 aliphatic carbocycles. The zero-order valence-electron chi connectivity index (χ0n) is 10.6. The van der Waals surface area contributed by atoms with E-state index in [0.717, 1.165) is 18.9 Å². The number of aliphatic carboxylic acids is 1. The van der Waals surface area contributed by atoms with Crippen molar-refractivity contribution >= 4 is 5.97 Å². The van der Waals surface area contributed by atoms with E-state index in [4.69, 9.17) is 5.11 Å². The summed E-state index contributed by atoms with van der Waals surface area (Å²) in [6, 6.07) is 0.363. The van der Waals surface area contributed by atoms with Gasteiger partial charge in [-0.25, -0.2) is 0 Å². The Balaban J connectivity index is 2.22. The van der Waals surface area contributed by atoms with Crippen LogP contribution < -0.4 is 0 Å². The summed E-state index contributed by atoms with van der Waals surface area (Å²) >= 11 is 0. The fourth-order valence-corrected chi connectivity index (χ4v) is 2.32. The lowest BCUT2D eigenvalue weighted by Crippen LogP contribution is -2.34. The van der Waals surface area contributed by atoms with Gasteiger partial charge >= 0.3 is 5.97 Å². The van der Waals surface area contributed by atoms with Gasteiger partial charge in [0.15, 0.2) is 0 Å². The molecule has 1 saturated heterocycles. The molecule has 16 heavy (non-hydrogen) atoms. The highest BCUT2D eigenvalue weighted by Crippen LogP contribution is 2.17. The number of nitrogens with zero attached hydrogens (tertiary/aromatic N) is 2. The van der Waals surface area contributed by atoms with Crippen molar-refractivity contribution in [2.45, 2.75) is 32.2 Å². The van der Waals surface area contributed by atoms with E-state index in [1.54, 1.807) is 0 Å². The maximum atomic E-state index is 10.5. The van der Waals surface area contributed by atoms with Crippen LogP contribution in [0, 0.1) is 5.92 Å². The van der Waals surface area contributed by atoms with Gasteiger partial charge in [-0.2, -0.15) is 0 Å². The van der Waals surface area contributed by atoms with Crippen LogP contribution >= 0.6 is 0 Å². The molecule has 0 aromatic carbocycles. The van der Waals surface area contributed by atoms with E-state index in [1.165, 1.54) is 19.5 Å². The van der Waals surface area contributed by atoms with Crippen molar-refractivity contribution in [3.05, 3.63) is 0 Å². The van der Waals surface area contributed by atoms with Gasteiger partial charge in [0.25, 0.3) is 0 Å². The zero-order chi connectivity index (χ0) is 12.1. The molecule has 0 saturated carbocycles. The normalized spacial score (nSPS) is 23.9. The molecule has 94 valence electrons. The number of hydrogen-bond donors (Lipinski definition) is 1. The molecule has 4 nitrogen and oxygen atoms in total. The SMILES string of the molecule is CC(CCC(=O)O)N(C)CC1CCN(C)C1. The maximum absolute atomic E-state index is 10.5. The quantitative estimate of drug-likeness (QED) is 0.740. The molecule has 1 fully saturated rings. The van der Waals surface area contributed by atoms with Gasteiger partial charge in [-0.1, -0.05) is 0 Å². The van der Waals surface area contributed by atoms with Crippen LogP contribution in [0.25, 0.3) is 0 Å². The summed E-state index contributed by atoms with van der Waals surface area (Å²) in [6.45, 7) is 5.57. The van der Waals surface area contributed by atoms with E-state index in [2.05, 4.69) is 30.8 Å². The summed E-state index contributed by atoms with van der Waals surface area (Å²) in [5.41, 5.74) is 0. The van der Waals surface area contributed by atoms with Crippen molar-refractivity contribution in [2.75, 3.05) is 33.7 Å². The predicted molar refractivity (Wildman–Crippen MR) is 64.6 cm³/mol. The molecule has 1 N–H and O–H groups in total. The van der Waals surface area contributed by atoms with Crippen LogP contribution in [0.2, 0.25) is 0 Å². The van der Waals surface area contributed by atoms with Gasteiger partial charge in [0, 0.05) is 25.6 Å². The van der Waals surface area contributed by atoms with Crippen LogP contribution in [0.5, 0.6) is 0 Å². The molecule has 0 aromatic rings. The van der Waals surface area contributed by atoms with Crippen molar-refractivity contribution < 1.29 is 9.90 Å². The summed E-state index contributed by atoms with van der Waals surface area (Å²) in [7, 11) is 4.26. The molecule has 0 aromatic heterocycles. The van der Waals surface area contributed by atoms with Crippen molar-refractivity contribution in [1.29, 1.82) is 0 Å². The highest BCUT2D eigenvalue weighted by molar-refractivity contribution is 5.66. The summed E-state index contributed by atoms with van der Waals surface area (Å²) < 4.78 is 0. The minimum absolute atomic E-state index is 0.274. The second-order valence-electron chi connectivity index (χ2n) is 5.14. The third kappa shape index (κ3) is 4.49. The van der Waals surface area contributed by atoms with E-state index >= 15 is 0 Å². The highest BCUT2D eigenvalue weighted by atomic mass is 16.4. The Morgan fingerprint density at radius 1 is 1.62 bits per heavy atom. The number of carbonyl (C=O) groups is 1. The molecule has 1 heterocycles. The van der Waals surface area contributed by atoms with Gasteiger partial charge in [0.05, 0.1) is 0 Å². The first-order valence-corrected chi connectivity index (χ1v) is 6.09. The molecule has 1 aliphatic rings. The lowest BCUT2D eigenvalue weighted by atomic mass is 10.1. The molecule has 0 spiro atoms.